The monoisotopic (exact) mass is 230 g/mol. The highest BCUT2D eigenvalue weighted by molar-refractivity contribution is 5.94. The van der Waals surface area contributed by atoms with Crippen LogP contribution in [0.1, 0.15) is 20.9 Å². The lowest BCUT2D eigenvalue weighted by Gasteiger charge is -2.04. The third-order valence-corrected chi connectivity index (χ3v) is 2.16. The van der Waals surface area contributed by atoms with Gasteiger partial charge in [-0.2, -0.15) is 0 Å². The molecule has 2 aromatic rings. The molecule has 0 spiro atoms. The van der Waals surface area contributed by atoms with Crippen molar-refractivity contribution in [3.63, 3.8) is 0 Å². The van der Waals surface area contributed by atoms with Crippen LogP contribution in [0.25, 0.3) is 0 Å². The molecule has 17 heavy (non-hydrogen) atoms. The second-order valence-corrected chi connectivity index (χ2v) is 3.38. The van der Waals surface area contributed by atoms with E-state index in [2.05, 4.69) is 0 Å². The number of Topliss-reactive ketones (excluding diaryl/α,β-unsaturated/α-hetero) is 1. The average molecular weight is 230 g/mol. The Labute approximate surface area is 97.8 Å². The summed E-state index contributed by atoms with van der Waals surface area (Å²) in [7, 11) is 0. The van der Waals surface area contributed by atoms with Crippen molar-refractivity contribution in [1.29, 1.82) is 0 Å². The largest absolute Gasteiger partial charge is 0.485 e. The van der Waals surface area contributed by atoms with Crippen molar-refractivity contribution >= 4 is 12.1 Å². The van der Waals surface area contributed by atoms with Gasteiger partial charge in [-0.25, -0.2) is 0 Å². The number of ether oxygens (including phenoxy) is 1. The zero-order valence-electron chi connectivity index (χ0n) is 8.96. The molecule has 1 heterocycles. The topological polar surface area (TPSA) is 56.5 Å². The Morgan fingerprint density at radius 2 is 2.18 bits per heavy atom. The molecule has 0 fully saturated rings. The van der Waals surface area contributed by atoms with Gasteiger partial charge in [-0.05, 0) is 24.3 Å². The maximum absolute atomic E-state index is 11.5. The maximum Gasteiger partial charge on any atom is 0.235 e. The Balaban J connectivity index is 1.98. The first-order valence-electron chi connectivity index (χ1n) is 5.04. The van der Waals surface area contributed by atoms with Crippen LogP contribution >= 0.6 is 0 Å². The Morgan fingerprint density at radius 1 is 1.29 bits per heavy atom. The second-order valence-electron chi connectivity index (χ2n) is 3.38. The van der Waals surface area contributed by atoms with E-state index in [0.717, 1.165) is 6.29 Å². The Kier molecular flexibility index (Phi) is 3.35. The van der Waals surface area contributed by atoms with Gasteiger partial charge >= 0.3 is 0 Å². The summed E-state index contributed by atoms with van der Waals surface area (Å²) in [5.74, 6) is 0.498. The van der Waals surface area contributed by atoms with E-state index in [4.69, 9.17) is 9.15 Å². The number of furan rings is 1. The quantitative estimate of drug-likeness (QED) is 0.584. The van der Waals surface area contributed by atoms with Crippen LogP contribution in [-0.4, -0.2) is 18.7 Å². The van der Waals surface area contributed by atoms with Gasteiger partial charge in [0.2, 0.25) is 5.78 Å². The normalized spacial score (nSPS) is 9.88. The number of rotatable bonds is 5. The summed E-state index contributed by atoms with van der Waals surface area (Å²) in [5.41, 5.74) is 0.507. The zero-order valence-corrected chi connectivity index (χ0v) is 8.96. The number of hydrogen-bond acceptors (Lipinski definition) is 4. The molecule has 86 valence electrons. The summed E-state index contributed by atoms with van der Waals surface area (Å²) in [6.07, 6.45) is 2.15. The van der Waals surface area contributed by atoms with Crippen LogP contribution in [0.2, 0.25) is 0 Å². The van der Waals surface area contributed by atoms with Crippen LogP contribution in [0.15, 0.2) is 47.1 Å². The first-order valence-corrected chi connectivity index (χ1v) is 5.04. The number of carbonyl (C=O) groups excluding carboxylic acids is 2. The molecule has 0 saturated heterocycles. The Hall–Kier alpha value is -2.36. The van der Waals surface area contributed by atoms with Crippen LogP contribution in [0.5, 0.6) is 5.75 Å². The van der Waals surface area contributed by atoms with E-state index in [9.17, 15) is 9.59 Å². The lowest BCUT2D eigenvalue weighted by molar-refractivity contribution is 0.0894. The molecule has 0 amide bonds. The highest BCUT2D eigenvalue weighted by atomic mass is 16.5. The lowest BCUT2D eigenvalue weighted by atomic mass is 10.2. The summed E-state index contributed by atoms with van der Waals surface area (Å²) in [5, 5.41) is 0. The molecule has 0 radical (unpaired) electrons. The smallest absolute Gasteiger partial charge is 0.235 e. The van der Waals surface area contributed by atoms with Crippen LogP contribution < -0.4 is 4.74 Å². The number of hydrogen-bond donors (Lipinski definition) is 0. The Morgan fingerprint density at radius 3 is 2.88 bits per heavy atom. The van der Waals surface area contributed by atoms with E-state index >= 15 is 0 Å². The molecule has 0 N–H and O–H groups in total. The molecule has 0 bridgehead atoms. The highest BCUT2D eigenvalue weighted by Crippen LogP contribution is 2.12. The summed E-state index contributed by atoms with van der Waals surface area (Å²) < 4.78 is 10.2. The van der Waals surface area contributed by atoms with Gasteiger partial charge < -0.3 is 9.15 Å². The maximum atomic E-state index is 11.5. The molecule has 0 unspecified atom stereocenters. The van der Waals surface area contributed by atoms with Crippen molar-refractivity contribution in [2.75, 3.05) is 6.61 Å². The molecule has 4 nitrogen and oxygen atoms in total. The van der Waals surface area contributed by atoms with Gasteiger partial charge in [0, 0.05) is 5.56 Å². The average Bonchev–Trinajstić information content (AvgIpc) is 2.90. The molecule has 2 rings (SSSR count). The van der Waals surface area contributed by atoms with Crippen molar-refractivity contribution in [3.8, 4) is 5.75 Å². The number of aldehydes is 1. The highest BCUT2D eigenvalue weighted by Gasteiger charge is 2.09. The van der Waals surface area contributed by atoms with E-state index in [1.165, 1.54) is 6.26 Å². The van der Waals surface area contributed by atoms with E-state index in [1.807, 2.05) is 0 Å². The third-order valence-electron chi connectivity index (χ3n) is 2.16. The van der Waals surface area contributed by atoms with E-state index < -0.39 is 0 Å². The van der Waals surface area contributed by atoms with Crippen molar-refractivity contribution in [1.82, 2.24) is 0 Å². The molecule has 4 heteroatoms. The molecule has 1 aromatic heterocycles. The van der Waals surface area contributed by atoms with Crippen molar-refractivity contribution in [2.45, 2.75) is 0 Å². The van der Waals surface area contributed by atoms with E-state index in [-0.39, 0.29) is 18.2 Å². The van der Waals surface area contributed by atoms with Crippen LogP contribution in [0.3, 0.4) is 0 Å². The van der Waals surface area contributed by atoms with Crippen LogP contribution in [-0.2, 0) is 0 Å². The van der Waals surface area contributed by atoms with Crippen molar-refractivity contribution < 1.29 is 18.7 Å². The van der Waals surface area contributed by atoms with Crippen LogP contribution in [0, 0.1) is 0 Å². The third kappa shape index (κ3) is 2.81. The predicted molar refractivity (Wildman–Crippen MR) is 60.4 cm³/mol. The molecule has 0 aliphatic carbocycles. The molecule has 0 aliphatic heterocycles. The fraction of sp³-hybridized carbons (Fsp3) is 0.0769. The minimum Gasteiger partial charge on any atom is -0.485 e. The van der Waals surface area contributed by atoms with Crippen molar-refractivity contribution in [3.05, 3.63) is 54.0 Å². The van der Waals surface area contributed by atoms with Gasteiger partial charge in [0.1, 0.15) is 12.0 Å². The first-order chi connectivity index (χ1) is 8.29. The van der Waals surface area contributed by atoms with Gasteiger partial charge in [-0.3, -0.25) is 9.59 Å². The molecule has 1 aromatic carbocycles. The second kappa shape index (κ2) is 5.12. The van der Waals surface area contributed by atoms with Gasteiger partial charge in [-0.15, -0.1) is 0 Å². The van der Waals surface area contributed by atoms with E-state index in [0.29, 0.717) is 11.3 Å². The Bertz CT molecular complexity index is 514. The van der Waals surface area contributed by atoms with Crippen molar-refractivity contribution in [2.24, 2.45) is 0 Å². The molecule has 0 aliphatic rings. The van der Waals surface area contributed by atoms with Gasteiger partial charge in [-0.1, -0.05) is 12.1 Å². The summed E-state index contributed by atoms with van der Waals surface area (Å²) in [6.45, 7) is -0.115. The van der Waals surface area contributed by atoms with E-state index in [1.54, 1.807) is 36.4 Å². The molecule has 0 saturated carbocycles. The molecular formula is C13H10O4. The SMILES string of the molecule is O=Cc1cccc(OCC(=O)c2ccco2)c1. The summed E-state index contributed by atoms with van der Waals surface area (Å²) in [4.78, 5) is 22.1. The van der Waals surface area contributed by atoms with Gasteiger partial charge in [0.05, 0.1) is 6.26 Å². The minimum atomic E-state index is -0.244. The van der Waals surface area contributed by atoms with Gasteiger partial charge in [0.15, 0.2) is 12.4 Å². The number of carbonyl (C=O) groups is 2. The fourth-order valence-corrected chi connectivity index (χ4v) is 1.33. The van der Waals surface area contributed by atoms with Crippen LogP contribution in [0.4, 0.5) is 0 Å². The van der Waals surface area contributed by atoms with Gasteiger partial charge in [0.25, 0.3) is 0 Å². The number of benzene rings is 1. The minimum absolute atomic E-state index is 0.115. The predicted octanol–water partition coefficient (Wildman–Crippen LogP) is 2.35. The fourth-order valence-electron chi connectivity index (χ4n) is 1.33. The summed E-state index contributed by atoms with van der Waals surface area (Å²) in [6, 6.07) is 9.82. The first kappa shape index (κ1) is 11.1. The number of ketones is 1. The summed E-state index contributed by atoms with van der Waals surface area (Å²) >= 11 is 0. The zero-order chi connectivity index (χ0) is 12.1. The standard InChI is InChI=1S/C13H10O4/c14-8-10-3-1-4-11(7-10)17-9-12(15)13-5-2-6-16-13/h1-8H,9H2. The lowest BCUT2D eigenvalue weighted by Crippen LogP contribution is -2.10. The molecule has 0 atom stereocenters. The molecular weight excluding hydrogens is 220 g/mol.